The van der Waals surface area contributed by atoms with E-state index >= 15 is 0 Å². The van der Waals surface area contributed by atoms with Crippen LogP contribution in [0.25, 0.3) is 0 Å². The first-order valence-corrected chi connectivity index (χ1v) is 5.79. The molecule has 0 saturated carbocycles. The van der Waals surface area contributed by atoms with Gasteiger partial charge in [0.1, 0.15) is 6.04 Å². The van der Waals surface area contributed by atoms with Crippen LogP contribution in [0.2, 0.25) is 5.02 Å². The van der Waals surface area contributed by atoms with E-state index in [1.54, 1.807) is 7.05 Å². The van der Waals surface area contributed by atoms with Gasteiger partial charge in [-0.3, -0.25) is 10.5 Å². The average molecular weight is 287 g/mol. The first-order chi connectivity index (χ1) is 7.81. The summed E-state index contributed by atoms with van der Waals surface area (Å²) in [6.45, 7) is 1.88. The van der Waals surface area contributed by atoms with Gasteiger partial charge in [0.25, 0.3) is 0 Å². The predicted octanol–water partition coefficient (Wildman–Crippen LogP) is 1.84. The number of hydrazine groups is 1. The molecule has 0 saturated heterocycles. The van der Waals surface area contributed by atoms with Crippen LogP contribution in [0, 0.1) is 0 Å². The first kappa shape index (κ1) is 14.6. The van der Waals surface area contributed by atoms with Crippen molar-refractivity contribution in [2.24, 2.45) is 12.9 Å². The number of nitrogens with one attached hydrogen (secondary N) is 1. The van der Waals surface area contributed by atoms with Gasteiger partial charge in [0.15, 0.2) is 0 Å². The van der Waals surface area contributed by atoms with Crippen LogP contribution in [0.5, 0.6) is 0 Å². The van der Waals surface area contributed by atoms with Gasteiger partial charge in [-0.05, 0) is 18.0 Å². The number of hydrogen-bond acceptors (Lipinski definition) is 3. The van der Waals surface area contributed by atoms with E-state index in [2.05, 4.69) is 5.10 Å². The highest BCUT2D eigenvalue weighted by molar-refractivity contribution is 6.32. The van der Waals surface area contributed by atoms with Crippen molar-refractivity contribution in [3.8, 4) is 0 Å². The standard InChI is InChI=1S/C9H14Cl2F2N4/c1-3-5-8(10)6(17(2)16-5)4-7(15-14)9(11,12)13/h7,15H,3-4,14H2,1-2H3. The molecule has 1 aromatic heterocycles. The van der Waals surface area contributed by atoms with Crippen LogP contribution in [-0.4, -0.2) is 21.2 Å². The molecule has 0 aromatic carbocycles. The van der Waals surface area contributed by atoms with Crippen molar-refractivity contribution >= 4 is 23.2 Å². The second kappa shape index (κ2) is 5.48. The van der Waals surface area contributed by atoms with Crippen molar-refractivity contribution in [2.75, 3.05) is 0 Å². The lowest BCUT2D eigenvalue weighted by molar-refractivity contribution is 0.0496. The molecule has 0 aliphatic rings. The highest BCUT2D eigenvalue weighted by Crippen LogP contribution is 2.29. The lowest BCUT2D eigenvalue weighted by Gasteiger charge is -2.20. The summed E-state index contributed by atoms with van der Waals surface area (Å²) < 4.78 is 27.4. The number of aromatic nitrogens is 2. The summed E-state index contributed by atoms with van der Waals surface area (Å²) in [5.41, 5.74) is 3.13. The lowest BCUT2D eigenvalue weighted by Crippen LogP contribution is -2.47. The van der Waals surface area contributed by atoms with Crippen molar-refractivity contribution in [3.63, 3.8) is 0 Å². The predicted molar refractivity (Wildman–Crippen MR) is 63.2 cm³/mol. The maximum Gasteiger partial charge on any atom is 0.338 e. The van der Waals surface area contributed by atoms with E-state index in [0.717, 1.165) is 0 Å². The fourth-order valence-electron chi connectivity index (χ4n) is 1.50. The van der Waals surface area contributed by atoms with E-state index in [4.69, 9.17) is 29.0 Å². The molecular weight excluding hydrogens is 273 g/mol. The Bertz CT molecular complexity index is 389. The molecule has 1 heterocycles. The van der Waals surface area contributed by atoms with E-state index in [1.807, 2.05) is 12.3 Å². The van der Waals surface area contributed by atoms with E-state index in [9.17, 15) is 8.78 Å². The minimum atomic E-state index is -3.45. The van der Waals surface area contributed by atoms with Crippen molar-refractivity contribution in [3.05, 3.63) is 16.4 Å². The number of hydrogen-bond donors (Lipinski definition) is 2. The van der Waals surface area contributed by atoms with Gasteiger partial charge in [-0.1, -0.05) is 18.5 Å². The molecule has 8 heteroatoms. The Balaban J connectivity index is 2.98. The summed E-state index contributed by atoms with van der Waals surface area (Å²) in [7, 11) is 1.64. The van der Waals surface area contributed by atoms with Crippen LogP contribution >= 0.6 is 23.2 Å². The molecule has 1 rings (SSSR count). The summed E-state index contributed by atoms with van der Waals surface area (Å²) in [6.07, 6.45) is 0.528. The summed E-state index contributed by atoms with van der Waals surface area (Å²) in [6, 6.07) is -1.40. The van der Waals surface area contributed by atoms with Crippen LogP contribution in [-0.2, 0) is 19.9 Å². The largest absolute Gasteiger partial charge is 0.338 e. The number of aryl methyl sites for hydroxylation is 2. The molecule has 98 valence electrons. The molecule has 1 aromatic rings. The van der Waals surface area contributed by atoms with E-state index in [1.165, 1.54) is 4.68 Å². The van der Waals surface area contributed by atoms with Crippen LogP contribution < -0.4 is 11.3 Å². The molecule has 17 heavy (non-hydrogen) atoms. The highest BCUT2D eigenvalue weighted by atomic mass is 35.5. The molecule has 0 aliphatic heterocycles. The minimum Gasteiger partial charge on any atom is -0.271 e. The molecule has 0 spiro atoms. The molecule has 0 radical (unpaired) electrons. The maximum absolute atomic E-state index is 13.0. The van der Waals surface area contributed by atoms with Crippen molar-refractivity contribution in [1.29, 1.82) is 0 Å². The zero-order chi connectivity index (χ0) is 13.2. The van der Waals surface area contributed by atoms with Gasteiger partial charge in [-0.2, -0.15) is 13.9 Å². The lowest BCUT2D eigenvalue weighted by atomic mass is 10.1. The third-order valence-electron chi connectivity index (χ3n) is 2.50. The van der Waals surface area contributed by atoms with Gasteiger partial charge in [-0.15, -0.1) is 0 Å². The second-order valence-corrected chi connectivity index (χ2v) is 4.53. The van der Waals surface area contributed by atoms with Crippen LogP contribution in [0.15, 0.2) is 0 Å². The molecule has 1 unspecified atom stereocenters. The fraction of sp³-hybridized carbons (Fsp3) is 0.667. The molecular formula is C9H14Cl2F2N4. The second-order valence-electron chi connectivity index (χ2n) is 3.65. The monoisotopic (exact) mass is 286 g/mol. The molecule has 0 amide bonds. The summed E-state index contributed by atoms with van der Waals surface area (Å²) in [4.78, 5) is 0. The van der Waals surface area contributed by atoms with Crippen LogP contribution in [0.4, 0.5) is 8.78 Å². The zero-order valence-corrected chi connectivity index (χ0v) is 11.0. The maximum atomic E-state index is 13.0. The topological polar surface area (TPSA) is 55.9 Å². The first-order valence-electron chi connectivity index (χ1n) is 5.04. The quantitative estimate of drug-likeness (QED) is 0.493. The van der Waals surface area contributed by atoms with Crippen molar-refractivity contribution in [1.82, 2.24) is 15.2 Å². The smallest absolute Gasteiger partial charge is 0.271 e. The fourth-order valence-corrected chi connectivity index (χ4v) is 2.02. The third kappa shape index (κ3) is 3.28. The van der Waals surface area contributed by atoms with Crippen LogP contribution in [0.1, 0.15) is 18.3 Å². The minimum absolute atomic E-state index is 0.102. The van der Waals surface area contributed by atoms with Crippen LogP contribution in [0.3, 0.4) is 0 Å². The molecule has 4 nitrogen and oxygen atoms in total. The number of nitrogens with zero attached hydrogens (tertiary/aromatic N) is 2. The Morgan fingerprint density at radius 3 is 2.53 bits per heavy atom. The van der Waals surface area contributed by atoms with Gasteiger partial charge in [0.05, 0.1) is 16.4 Å². The van der Waals surface area contributed by atoms with Gasteiger partial charge < -0.3 is 0 Å². The van der Waals surface area contributed by atoms with Gasteiger partial charge in [0.2, 0.25) is 0 Å². The Kier molecular flexibility index (Phi) is 4.71. The number of rotatable bonds is 5. The Morgan fingerprint density at radius 1 is 1.59 bits per heavy atom. The van der Waals surface area contributed by atoms with Gasteiger partial charge >= 0.3 is 5.38 Å². The summed E-state index contributed by atoms with van der Waals surface area (Å²) in [5, 5.41) is 1.06. The number of alkyl halides is 3. The van der Waals surface area contributed by atoms with E-state index in [-0.39, 0.29) is 6.42 Å². The number of halogens is 4. The van der Waals surface area contributed by atoms with Gasteiger partial charge in [0, 0.05) is 13.5 Å². The van der Waals surface area contributed by atoms with Crippen molar-refractivity contribution < 1.29 is 8.78 Å². The zero-order valence-electron chi connectivity index (χ0n) is 9.48. The van der Waals surface area contributed by atoms with Gasteiger partial charge in [-0.25, -0.2) is 5.43 Å². The normalized spacial score (nSPS) is 14.1. The Labute approximate surface area is 108 Å². The van der Waals surface area contributed by atoms with Crippen molar-refractivity contribution in [2.45, 2.75) is 31.2 Å². The Morgan fingerprint density at radius 2 is 2.18 bits per heavy atom. The molecule has 3 N–H and O–H groups in total. The molecule has 0 fully saturated rings. The summed E-state index contributed by atoms with van der Waals surface area (Å²) >= 11 is 11.0. The SMILES string of the molecule is CCc1nn(C)c(CC(NN)C(F)(F)Cl)c1Cl. The summed E-state index contributed by atoms with van der Waals surface area (Å²) in [5.74, 6) is 5.06. The van der Waals surface area contributed by atoms with E-state index < -0.39 is 11.4 Å². The van der Waals surface area contributed by atoms with E-state index in [0.29, 0.717) is 22.8 Å². The third-order valence-corrected chi connectivity index (χ3v) is 3.20. The molecule has 1 atom stereocenters. The number of nitrogens with two attached hydrogens (primary N) is 1. The average Bonchev–Trinajstić information content (AvgIpc) is 2.49. The Hall–Kier alpha value is -0.430. The molecule has 0 bridgehead atoms. The highest BCUT2D eigenvalue weighted by Gasteiger charge is 2.37. The molecule has 0 aliphatic carbocycles.